The van der Waals surface area contributed by atoms with Crippen molar-refractivity contribution in [2.75, 3.05) is 20.3 Å². The molecule has 0 radical (unpaired) electrons. The molecule has 0 saturated heterocycles. The molecule has 0 aliphatic heterocycles. The van der Waals surface area contributed by atoms with Crippen LogP contribution in [0.2, 0.25) is 0 Å². The highest BCUT2D eigenvalue weighted by Gasteiger charge is 2.20. The van der Waals surface area contributed by atoms with Gasteiger partial charge in [-0.15, -0.1) is 0 Å². The predicted octanol–water partition coefficient (Wildman–Crippen LogP) is 2.14. The molecular weight excluding hydrogens is 254 g/mol. The molecule has 1 amide bonds. The number of rotatable bonds is 7. The highest BCUT2D eigenvalue weighted by molar-refractivity contribution is 5.84. The Morgan fingerprint density at radius 3 is 3.00 bits per heavy atom. The number of benzene rings is 1. The van der Waals surface area contributed by atoms with Crippen molar-refractivity contribution >= 4 is 16.8 Å². The van der Waals surface area contributed by atoms with Crippen LogP contribution < -0.4 is 5.32 Å². The number of aromatic nitrogens is 2. The molecule has 1 aromatic heterocycles. The first-order chi connectivity index (χ1) is 9.77. The minimum Gasteiger partial charge on any atom is -0.385 e. The van der Waals surface area contributed by atoms with E-state index in [1.807, 2.05) is 31.2 Å². The molecule has 0 saturated carbocycles. The lowest BCUT2D eigenvalue weighted by molar-refractivity contribution is -0.124. The van der Waals surface area contributed by atoms with Crippen LogP contribution in [0.25, 0.3) is 10.9 Å². The lowest BCUT2D eigenvalue weighted by atomic mass is 10.2. The largest absolute Gasteiger partial charge is 0.385 e. The molecule has 108 valence electrons. The van der Waals surface area contributed by atoms with Crippen LogP contribution in [0.3, 0.4) is 0 Å². The summed E-state index contributed by atoms with van der Waals surface area (Å²) in [6.07, 6.45) is 3.33. The summed E-state index contributed by atoms with van der Waals surface area (Å²) < 4.78 is 6.78. The van der Waals surface area contributed by atoms with Crippen LogP contribution >= 0.6 is 0 Å². The smallest absolute Gasteiger partial charge is 0.244 e. The van der Waals surface area contributed by atoms with Crippen molar-refractivity contribution in [1.29, 1.82) is 0 Å². The first kappa shape index (κ1) is 14.5. The SMILES string of the molecule is CCC(C(=O)NCCCOC)n1ncc2ccccc21. The standard InChI is InChI=1S/C15H21N3O2/c1-3-13(15(19)16-9-6-10-20-2)18-14-8-5-4-7-12(14)11-17-18/h4-5,7-8,11,13H,3,6,9-10H2,1-2H3,(H,16,19). The monoisotopic (exact) mass is 275 g/mol. The van der Waals surface area contributed by atoms with Gasteiger partial charge in [0.2, 0.25) is 5.91 Å². The van der Waals surface area contributed by atoms with E-state index in [1.165, 1.54) is 0 Å². The third-order valence-corrected chi connectivity index (χ3v) is 3.31. The van der Waals surface area contributed by atoms with Gasteiger partial charge in [-0.1, -0.05) is 25.1 Å². The maximum atomic E-state index is 12.3. The molecule has 1 N–H and O–H groups in total. The Kier molecular flexibility index (Phi) is 5.12. The second-order valence-electron chi connectivity index (χ2n) is 4.71. The van der Waals surface area contributed by atoms with E-state index < -0.39 is 0 Å². The van der Waals surface area contributed by atoms with Crippen molar-refractivity contribution < 1.29 is 9.53 Å². The van der Waals surface area contributed by atoms with Gasteiger partial charge < -0.3 is 10.1 Å². The number of carbonyl (C=O) groups excluding carboxylic acids is 1. The summed E-state index contributed by atoms with van der Waals surface area (Å²) in [5.74, 6) is 0.0115. The van der Waals surface area contributed by atoms with E-state index >= 15 is 0 Å². The Bertz CT molecular complexity index is 565. The number of methoxy groups -OCH3 is 1. The third-order valence-electron chi connectivity index (χ3n) is 3.31. The quantitative estimate of drug-likeness (QED) is 0.788. The number of hydrogen-bond acceptors (Lipinski definition) is 3. The van der Waals surface area contributed by atoms with Gasteiger partial charge in [0.25, 0.3) is 0 Å². The second kappa shape index (κ2) is 7.05. The third kappa shape index (κ3) is 3.17. The first-order valence-corrected chi connectivity index (χ1v) is 6.96. The van der Waals surface area contributed by atoms with Gasteiger partial charge >= 0.3 is 0 Å². The molecule has 1 unspecified atom stereocenters. The van der Waals surface area contributed by atoms with Gasteiger partial charge in [-0.3, -0.25) is 9.48 Å². The Balaban J connectivity index is 2.09. The predicted molar refractivity (Wildman–Crippen MR) is 78.6 cm³/mol. The first-order valence-electron chi connectivity index (χ1n) is 6.96. The van der Waals surface area contributed by atoms with E-state index in [-0.39, 0.29) is 11.9 Å². The molecular formula is C15H21N3O2. The van der Waals surface area contributed by atoms with Crippen LogP contribution in [0.1, 0.15) is 25.8 Å². The fourth-order valence-corrected chi connectivity index (χ4v) is 2.26. The molecule has 0 aliphatic carbocycles. The minimum atomic E-state index is -0.266. The van der Waals surface area contributed by atoms with Gasteiger partial charge in [-0.25, -0.2) is 0 Å². The topological polar surface area (TPSA) is 56.1 Å². The molecule has 0 aliphatic rings. The number of fused-ring (bicyclic) bond motifs is 1. The molecule has 2 rings (SSSR count). The minimum absolute atomic E-state index is 0.0115. The highest BCUT2D eigenvalue weighted by Crippen LogP contribution is 2.19. The van der Waals surface area contributed by atoms with Crippen LogP contribution in [0.15, 0.2) is 30.5 Å². The summed E-state index contributed by atoms with van der Waals surface area (Å²) in [4.78, 5) is 12.3. The number of nitrogens with one attached hydrogen (secondary N) is 1. The average molecular weight is 275 g/mol. The Morgan fingerprint density at radius 2 is 2.25 bits per heavy atom. The van der Waals surface area contributed by atoms with Gasteiger partial charge in [0.05, 0.1) is 11.7 Å². The highest BCUT2D eigenvalue weighted by atomic mass is 16.5. The van der Waals surface area contributed by atoms with Crippen LogP contribution in [0, 0.1) is 0 Å². The Morgan fingerprint density at radius 1 is 1.45 bits per heavy atom. The van der Waals surface area contributed by atoms with Gasteiger partial charge in [-0.05, 0) is 18.9 Å². The van der Waals surface area contributed by atoms with Crippen molar-refractivity contribution in [3.05, 3.63) is 30.5 Å². The van der Waals surface area contributed by atoms with E-state index in [4.69, 9.17) is 4.74 Å². The fourth-order valence-electron chi connectivity index (χ4n) is 2.26. The van der Waals surface area contributed by atoms with Gasteiger partial charge in [0.15, 0.2) is 0 Å². The zero-order valence-corrected chi connectivity index (χ0v) is 12.0. The molecule has 0 fully saturated rings. The molecule has 0 bridgehead atoms. The average Bonchev–Trinajstić information content (AvgIpc) is 2.89. The normalized spacial score (nSPS) is 12.5. The zero-order chi connectivity index (χ0) is 14.4. The number of amides is 1. The van der Waals surface area contributed by atoms with E-state index in [0.29, 0.717) is 19.6 Å². The maximum absolute atomic E-state index is 12.3. The summed E-state index contributed by atoms with van der Waals surface area (Å²) in [6, 6.07) is 7.66. The van der Waals surface area contributed by atoms with Gasteiger partial charge in [-0.2, -0.15) is 5.10 Å². The summed E-state index contributed by atoms with van der Waals surface area (Å²) >= 11 is 0. The summed E-state index contributed by atoms with van der Waals surface area (Å²) in [5.41, 5.74) is 0.992. The van der Waals surface area contributed by atoms with Crippen molar-refractivity contribution in [3.63, 3.8) is 0 Å². The van der Waals surface area contributed by atoms with Crippen molar-refractivity contribution in [1.82, 2.24) is 15.1 Å². The molecule has 5 heteroatoms. The van der Waals surface area contributed by atoms with Crippen molar-refractivity contribution in [2.24, 2.45) is 0 Å². The molecule has 0 spiro atoms. The zero-order valence-electron chi connectivity index (χ0n) is 12.0. The molecule has 20 heavy (non-hydrogen) atoms. The number of ether oxygens (including phenoxy) is 1. The van der Waals surface area contributed by atoms with Gasteiger partial charge in [0, 0.05) is 25.6 Å². The summed E-state index contributed by atoms with van der Waals surface area (Å²) in [5, 5.41) is 8.36. The molecule has 1 atom stereocenters. The number of nitrogens with zero attached hydrogens (tertiary/aromatic N) is 2. The van der Waals surface area contributed by atoms with Crippen LogP contribution in [-0.4, -0.2) is 35.9 Å². The Hall–Kier alpha value is -1.88. The van der Waals surface area contributed by atoms with E-state index in [9.17, 15) is 4.79 Å². The summed E-state index contributed by atoms with van der Waals surface area (Å²) in [7, 11) is 1.66. The number of hydrogen-bond donors (Lipinski definition) is 1. The van der Waals surface area contributed by atoms with E-state index in [2.05, 4.69) is 10.4 Å². The lowest BCUT2D eigenvalue weighted by Crippen LogP contribution is -2.33. The number of carbonyl (C=O) groups is 1. The van der Waals surface area contributed by atoms with Crippen LogP contribution in [0.4, 0.5) is 0 Å². The van der Waals surface area contributed by atoms with Crippen molar-refractivity contribution in [3.8, 4) is 0 Å². The van der Waals surface area contributed by atoms with E-state index in [1.54, 1.807) is 18.0 Å². The Labute approximate surface area is 118 Å². The molecule has 5 nitrogen and oxygen atoms in total. The van der Waals surface area contributed by atoms with Gasteiger partial charge in [0.1, 0.15) is 6.04 Å². The molecule has 1 aromatic carbocycles. The fraction of sp³-hybridized carbons (Fsp3) is 0.467. The summed E-state index contributed by atoms with van der Waals surface area (Å²) in [6.45, 7) is 3.28. The van der Waals surface area contributed by atoms with Crippen molar-refractivity contribution in [2.45, 2.75) is 25.8 Å². The molecule has 1 heterocycles. The van der Waals surface area contributed by atoms with Crippen LogP contribution in [-0.2, 0) is 9.53 Å². The van der Waals surface area contributed by atoms with E-state index in [0.717, 1.165) is 17.3 Å². The molecule has 2 aromatic rings. The second-order valence-corrected chi connectivity index (χ2v) is 4.71. The van der Waals surface area contributed by atoms with Crippen LogP contribution in [0.5, 0.6) is 0 Å². The lowest BCUT2D eigenvalue weighted by Gasteiger charge is -2.16. The maximum Gasteiger partial charge on any atom is 0.244 e. The number of para-hydroxylation sites is 1.